The molecule has 0 aromatic heterocycles. The molecule has 0 saturated carbocycles. The van der Waals surface area contributed by atoms with E-state index in [4.69, 9.17) is 25.8 Å². The molecule has 8 heteroatoms. The third-order valence-electron chi connectivity index (χ3n) is 0.979. The molecule has 0 fully saturated rings. The van der Waals surface area contributed by atoms with Gasteiger partial charge < -0.3 is 31.6 Å². The maximum atomic E-state index is 9.86. The summed E-state index contributed by atoms with van der Waals surface area (Å²) in [4.78, 5) is 27.9. The third-order valence-corrected chi connectivity index (χ3v) is 0.979. The molecule has 0 aliphatic heterocycles. The van der Waals surface area contributed by atoms with E-state index in [0.717, 1.165) is 6.29 Å². The number of rotatable bonds is 3. The van der Waals surface area contributed by atoms with Gasteiger partial charge in [-0.3, -0.25) is 9.59 Å². The minimum Gasteiger partial charge on any atom is -0.480 e. The predicted molar refractivity (Wildman–Crippen MR) is 55.7 cm³/mol. The van der Waals surface area contributed by atoms with E-state index >= 15 is 0 Å². The van der Waals surface area contributed by atoms with Gasteiger partial charge in [-0.05, 0) is 13.8 Å². The van der Waals surface area contributed by atoms with Crippen molar-refractivity contribution in [2.75, 3.05) is 6.54 Å². The molecular formula is C8H18N2O6. The van der Waals surface area contributed by atoms with Crippen LogP contribution >= 0.6 is 0 Å². The lowest BCUT2D eigenvalue weighted by molar-refractivity contribution is -0.141. The number of hydrogen-bond donors (Lipinski definition) is 5. The Bertz CT molecular complexity index is 207. The van der Waals surface area contributed by atoms with Crippen molar-refractivity contribution in [3.8, 4) is 0 Å². The van der Waals surface area contributed by atoms with Gasteiger partial charge in [-0.25, -0.2) is 0 Å². The fraction of sp³-hybridized carbons (Fsp3) is 0.625. The Morgan fingerprint density at radius 1 is 1.38 bits per heavy atom. The van der Waals surface area contributed by atoms with Crippen LogP contribution in [0.1, 0.15) is 13.8 Å². The van der Waals surface area contributed by atoms with Crippen LogP contribution in [0.2, 0.25) is 0 Å². The molecule has 0 bridgehead atoms. The first-order valence-electron chi connectivity index (χ1n) is 4.22. The summed E-state index contributed by atoms with van der Waals surface area (Å²) in [7, 11) is 0. The molecule has 0 aliphatic rings. The number of aliphatic hydroxyl groups excluding tert-OH is 1. The highest BCUT2D eigenvalue weighted by atomic mass is 16.4. The second-order valence-corrected chi connectivity index (χ2v) is 2.44. The molecule has 0 aromatic rings. The van der Waals surface area contributed by atoms with Gasteiger partial charge in [0.2, 0.25) is 0 Å². The average Bonchev–Trinajstić information content (AvgIpc) is 2.18. The fourth-order valence-electron chi connectivity index (χ4n) is 0.206. The minimum absolute atomic E-state index is 0.278. The van der Waals surface area contributed by atoms with Crippen molar-refractivity contribution in [3.63, 3.8) is 0 Å². The van der Waals surface area contributed by atoms with E-state index < -0.39 is 24.1 Å². The highest BCUT2D eigenvalue weighted by Crippen LogP contribution is 1.85. The van der Waals surface area contributed by atoms with Crippen LogP contribution in [-0.2, 0) is 14.4 Å². The lowest BCUT2D eigenvalue weighted by Crippen LogP contribution is -2.39. The zero-order chi connectivity index (χ0) is 13.7. The second kappa shape index (κ2) is 13.5. The van der Waals surface area contributed by atoms with E-state index in [-0.39, 0.29) is 6.54 Å². The Morgan fingerprint density at radius 2 is 1.62 bits per heavy atom. The van der Waals surface area contributed by atoms with Crippen molar-refractivity contribution >= 4 is 18.2 Å². The summed E-state index contributed by atoms with van der Waals surface area (Å²) in [5, 5.41) is 24.2. The Kier molecular flexibility index (Phi) is 16.8. The predicted octanol–water partition coefficient (Wildman–Crippen LogP) is -1.99. The van der Waals surface area contributed by atoms with Crippen molar-refractivity contribution < 1.29 is 29.7 Å². The van der Waals surface area contributed by atoms with Crippen molar-refractivity contribution in [2.45, 2.75) is 26.0 Å². The normalized spacial score (nSPS) is 11.8. The van der Waals surface area contributed by atoms with Crippen LogP contribution in [-0.4, -0.2) is 52.2 Å². The van der Waals surface area contributed by atoms with Crippen LogP contribution in [0.5, 0.6) is 0 Å². The van der Waals surface area contributed by atoms with E-state index in [1.54, 1.807) is 0 Å². The molecule has 96 valence electrons. The summed E-state index contributed by atoms with van der Waals surface area (Å²) >= 11 is 0. The summed E-state index contributed by atoms with van der Waals surface area (Å²) in [6.07, 6.45) is -0.229. The minimum atomic E-state index is -1.18. The SMILES string of the molecule is CC(O)[C@H](N)C(=O)O.CC=O.NCC(=O)O. The van der Waals surface area contributed by atoms with Gasteiger partial charge in [-0.15, -0.1) is 0 Å². The number of carbonyl (C=O) groups excluding carboxylic acids is 1. The van der Waals surface area contributed by atoms with Gasteiger partial charge >= 0.3 is 11.9 Å². The van der Waals surface area contributed by atoms with E-state index in [1.807, 2.05) is 0 Å². The summed E-state index contributed by atoms with van der Waals surface area (Å²) in [6.45, 7) is 2.50. The summed E-state index contributed by atoms with van der Waals surface area (Å²) in [6, 6.07) is -1.16. The number of aldehydes is 1. The van der Waals surface area contributed by atoms with E-state index in [0.29, 0.717) is 0 Å². The molecule has 16 heavy (non-hydrogen) atoms. The van der Waals surface area contributed by atoms with E-state index in [9.17, 15) is 9.59 Å². The van der Waals surface area contributed by atoms with Gasteiger partial charge in [0.1, 0.15) is 12.3 Å². The molecule has 0 saturated heterocycles. The van der Waals surface area contributed by atoms with Crippen molar-refractivity contribution in [1.29, 1.82) is 0 Å². The molecule has 0 amide bonds. The quantitative estimate of drug-likeness (QED) is 0.353. The van der Waals surface area contributed by atoms with Crippen molar-refractivity contribution in [3.05, 3.63) is 0 Å². The number of hydrogen-bond acceptors (Lipinski definition) is 6. The number of carboxylic acid groups (broad SMARTS) is 2. The van der Waals surface area contributed by atoms with Gasteiger partial charge in [0.15, 0.2) is 0 Å². The van der Waals surface area contributed by atoms with Crippen LogP contribution < -0.4 is 11.5 Å². The molecule has 0 radical (unpaired) electrons. The third kappa shape index (κ3) is 22.9. The molecule has 1 unspecified atom stereocenters. The Hall–Kier alpha value is -1.51. The number of nitrogens with two attached hydrogens (primary N) is 2. The molecule has 0 rings (SSSR count). The number of aliphatic hydroxyl groups is 1. The van der Waals surface area contributed by atoms with Gasteiger partial charge in [0.05, 0.1) is 12.6 Å². The molecule has 0 heterocycles. The maximum Gasteiger partial charge on any atom is 0.323 e. The largest absolute Gasteiger partial charge is 0.480 e. The number of carboxylic acids is 2. The second-order valence-electron chi connectivity index (χ2n) is 2.44. The topological polar surface area (TPSA) is 164 Å². The first-order chi connectivity index (χ1) is 7.24. The first kappa shape index (κ1) is 20.0. The zero-order valence-corrected chi connectivity index (χ0v) is 9.16. The highest BCUT2D eigenvalue weighted by molar-refractivity contribution is 5.73. The van der Waals surface area contributed by atoms with Gasteiger partial charge in [0, 0.05) is 0 Å². The molecule has 2 atom stereocenters. The lowest BCUT2D eigenvalue weighted by atomic mass is 10.2. The molecule has 0 aliphatic carbocycles. The average molecular weight is 238 g/mol. The van der Waals surface area contributed by atoms with Crippen LogP contribution in [0.3, 0.4) is 0 Å². The van der Waals surface area contributed by atoms with Crippen molar-refractivity contribution in [1.82, 2.24) is 0 Å². The lowest BCUT2D eigenvalue weighted by Gasteiger charge is -2.06. The number of carbonyl (C=O) groups is 3. The summed E-state index contributed by atoms with van der Waals surface area (Å²) < 4.78 is 0. The van der Waals surface area contributed by atoms with Gasteiger partial charge in [-0.1, -0.05) is 0 Å². The Labute approximate surface area is 92.9 Å². The van der Waals surface area contributed by atoms with E-state index in [2.05, 4.69) is 5.73 Å². The molecule has 0 spiro atoms. The first-order valence-corrected chi connectivity index (χ1v) is 4.22. The van der Waals surface area contributed by atoms with E-state index in [1.165, 1.54) is 13.8 Å². The maximum absolute atomic E-state index is 9.86. The standard InChI is InChI=1S/C4H9NO3.C2H5NO2.C2H4O/c1-2(6)3(5)4(7)8;3-1-2(4)5;1-2-3/h2-3,6H,5H2,1H3,(H,7,8);1,3H2,(H,4,5);2H,1H3/t2?,3-;;/m0../s1. The molecule has 0 aromatic carbocycles. The smallest absolute Gasteiger partial charge is 0.323 e. The molecule has 7 N–H and O–H groups in total. The Morgan fingerprint density at radius 3 is 1.62 bits per heavy atom. The Balaban J connectivity index is -0.000000181. The van der Waals surface area contributed by atoms with Gasteiger partial charge in [-0.2, -0.15) is 0 Å². The monoisotopic (exact) mass is 238 g/mol. The summed E-state index contributed by atoms with van der Waals surface area (Å²) in [5.41, 5.74) is 9.48. The van der Waals surface area contributed by atoms with Gasteiger partial charge in [0.25, 0.3) is 0 Å². The summed E-state index contributed by atoms with van der Waals surface area (Å²) in [5.74, 6) is -2.15. The van der Waals surface area contributed by atoms with Crippen molar-refractivity contribution in [2.24, 2.45) is 11.5 Å². The highest BCUT2D eigenvalue weighted by Gasteiger charge is 2.16. The molecular weight excluding hydrogens is 220 g/mol. The van der Waals surface area contributed by atoms with Crippen LogP contribution in [0.15, 0.2) is 0 Å². The molecule has 8 nitrogen and oxygen atoms in total. The number of aliphatic carboxylic acids is 2. The fourth-order valence-corrected chi connectivity index (χ4v) is 0.206. The zero-order valence-electron chi connectivity index (χ0n) is 9.16. The van der Waals surface area contributed by atoms with Crippen LogP contribution in [0, 0.1) is 0 Å². The van der Waals surface area contributed by atoms with Crippen LogP contribution in [0.25, 0.3) is 0 Å². The van der Waals surface area contributed by atoms with Crippen LogP contribution in [0.4, 0.5) is 0 Å².